The van der Waals surface area contributed by atoms with Crippen molar-refractivity contribution in [3.8, 4) is 0 Å². The van der Waals surface area contributed by atoms with Gasteiger partial charge >= 0.3 is 0 Å². The van der Waals surface area contributed by atoms with Gasteiger partial charge in [0.05, 0.1) is 5.69 Å². The summed E-state index contributed by atoms with van der Waals surface area (Å²) in [5, 5.41) is 0. The van der Waals surface area contributed by atoms with E-state index in [2.05, 4.69) is 59.9 Å². The van der Waals surface area contributed by atoms with Gasteiger partial charge in [-0.15, -0.1) is 0 Å². The van der Waals surface area contributed by atoms with Gasteiger partial charge in [-0.3, -0.25) is 0 Å². The topological polar surface area (TPSA) is 3.24 Å². The van der Waals surface area contributed by atoms with Gasteiger partial charge in [-0.2, -0.15) is 0 Å². The molecule has 0 aliphatic rings. The molecule has 0 atom stereocenters. The van der Waals surface area contributed by atoms with E-state index in [1.54, 1.807) is 0 Å². The van der Waals surface area contributed by atoms with E-state index in [9.17, 15) is 0 Å². The summed E-state index contributed by atoms with van der Waals surface area (Å²) in [7, 11) is 2.10. The summed E-state index contributed by atoms with van der Waals surface area (Å²) >= 11 is 3.52. The molecule has 0 bridgehead atoms. The van der Waals surface area contributed by atoms with Crippen molar-refractivity contribution in [2.45, 2.75) is 19.9 Å². The lowest BCUT2D eigenvalue weighted by molar-refractivity contribution is 0.753. The van der Waals surface area contributed by atoms with Crippen molar-refractivity contribution in [1.82, 2.24) is 0 Å². The van der Waals surface area contributed by atoms with E-state index in [-0.39, 0.29) is 0 Å². The van der Waals surface area contributed by atoms with Crippen LogP contribution in [-0.2, 0) is 0 Å². The van der Waals surface area contributed by atoms with Crippen LogP contribution in [0.2, 0.25) is 0 Å². The molecule has 0 unspecified atom stereocenters. The fourth-order valence-electron chi connectivity index (χ4n) is 1.02. The summed E-state index contributed by atoms with van der Waals surface area (Å²) in [6, 6.07) is 8.79. The maximum atomic E-state index is 3.52. The number of anilines is 1. The van der Waals surface area contributed by atoms with Gasteiger partial charge in [-0.25, -0.2) is 0 Å². The van der Waals surface area contributed by atoms with Crippen LogP contribution in [-0.4, -0.2) is 13.1 Å². The lowest BCUT2D eigenvalue weighted by Crippen LogP contribution is -2.25. The zero-order chi connectivity index (χ0) is 9.14. The van der Waals surface area contributed by atoms with Gasteiger partial charge in [0, 0.05) is 17.6 Å². The first-order valence-electron chi connectivity index (χ1n) is 4.10. The minimum Gasteiger partial charge on any atom is -0.371 e. The average Bonchev–Trinajstić information content (AvgIpc) is 2.04. The standard InChI is InChI=1S/C10H14BrN/c1-8(2)12(3)10-7-5-4-6-9(10)11/h4-8H,1-3H3. The van der Waals surface area contributed by atoms with E-state index in [1.807, 2.05) is 6.07 Å². The largest absolute Gasteiger partial charge is 0.371 e. The molecule has 12 heavy (non-hydrogen) atoms. The third kappa shape index (κ3) is 2.01. The molecular formula is C10H14BrN. The van der Waals surface area contributed by atoms with Crippen molar-refractivity contribution in [3.63, 3.8) is 0 Å². The zero-order valence-electron chi connectivity index (χ0n) is 7.71. The molecule has 0 saturated carbocycles. The van der Waals surface area contributed by atoms with Crippen LogP contribution in [0.1, 0.15) is 13.8 Å². The van der Waals surface area contributed by atoms with Gasteiger partial charge in [-0.1, -0.05) is 12.1 Å². The molecule has 0 aromatic heterocycles. The number of benzene rings is 1. The lowest BCUT2D eigenvalue weighted by Gasteiger charge is -2.24. The van der Waals surface area contributed by atoms with Gasteiger partial charge in [-0.05, 0) is 41.9 Å². The van der Waals surface area contributed by atoms with Crippen LogP contribution < -0.4 is 4.90 Å². The van der Waals surface area contributed by atoms with Crippen LogP contribution >= 0.6 is 15.9 Å². The molecular weight excluding hydrogens is 214 g/mol. The van der Waals surface area contributed by atoms with Crippen molar-refractivity contribution in [1.29, 1.82) is 0 Å². The molecule has 1 aromatic carbocycles. The van der Waals surface area contributed by atoms with E-state index in [0.29, 0.717) is 6.04 Å². The smallest absolute Gasteiger partial charge is 0.0510 e. The number of para-hydroxylation sites is 1. The van der Waals surface area contributed by atoms with E-state index in [4.69, 9.17) is 0 Å². The maximum Gasteiger partial charge on any atom is 0.0510 e. The quantitative estimate of drug-likeness (QED) is 0.750. The Morgan fingerprint density at radius 3 is 2.33 bits per heavy atom. The maximum absolute atomic E-state index is 3.52. The van der Waals surface area contributed by atoms with Crippen LogP contribution in [0.4, 0.5) is 5.69 Å². The first-order valence-corrected chi connectivity index (χ1v) is 4.89. The molecule has 0 N–H and O–H groups in total. The first-order chi connectivity index (χ1) is 5.63. The highest BCUT2D eigenvalue weighted by atomic mass is 79.9. The molecule has 0 amide bonds. The second kappa shape index (κ2) is 3.94. The Bertz CT molecular complexity index is 258. The van der Waals surface area contributed by atoms with Gasteiger partial charge in [0.1, 0.15) is 0 Å². The monoisotopic (exact) mass is 227 g/mol. The van der Waals surface area contributed by atoms with Crippen molar-refractivity contribution < 1.29 is 0 Å². The molecule has 2 heteroatoms. The van der Waals surface area contributed by atoms with Gasteiger partial charge in [0.15, 0.2) is 0 Å². The van der Waals surface area contributed by atoms with Gasteiger partial charge in [0.25, 0.3) is 0 Å². The number of hydrogen-bond acceptors (Lipinski definition) is 1. The number of halogens is 1. The fourth-order valence-corrected chi connectivity index (χ4v) is 1.58. The fraction of sp³-hybridized carbons (Fsp3) is 0.400. The second-order valence-corrected chi connectivity index (χ2v) is 4.01. The summed E-state index contributed by atoms with van der Waals surface area (Å²) in [6.45, 7) is 4.36. The van der Waals surface area contributed by atoms with Crippen LogP contribution in [0.25, 0.3) is 0 Å². The van der Waals surface area contributed by atoms with Crippen LogP contribution in [0.3, 0.4) is 0 Å². The summed E-state index contributed by atoms with van der Waals surface area (Å²) in [5.74, 6) is 0. The Kier molecular flexibility index (Phi) is 3.15. The minimum absolute atomic E-state index is 0.531. The Hall–Kier alpha value is -0.500. The summed E-state index contributed by atoms with van der Waals surface area (Å²) in [5.41, 5.74) is 1.24. The second-order valence-electron chi connectivity index (χ2n) is 3.16. The van der Waals surface area contributed by atoms with Crippen molar-refractivity contribution in [3.05, 3.63) is 28.7 Å². The minimum atomic E-state index is 0.531. The van der Waals surface area contributed by atoms with E-state index in [0.717, 1.165) is 4.47 Å². The molecule has 0 radical (unpaired) electrons. The molecule has 66 valence electrons. The Morgan fingerprint density at radius 2 is 1.83 bits per heavy atom. The summed E-state index contributed by atoms with van der Waals surface area (Å²) in [6.07, 6.45) is 0. The third-order valence-corrected chi connectivity index (χ3v) is 2.68. The summed E-state index contributed by atoms with van der Waals surface area (Å²) in [4.78, 5) is 2.24. The van der Waals surface area contributed by atoms with E-state index in [1.165, 1.54) is 5.69 Å². The van der Waals surface area contributed by atoms with Crippen molar-refractivity contribution in [2.75, 3.05) is 11.9 Å². The van der Waals surface area contributed by atoms with Crippen LogP contribution in [0, 0.1) is 0 Å². The zero-order valence-corrected chi connectivity index (χ0v) is 9.30. The van der Waals surface area contributed by atoms with Gasteiger partial charge < -0.3 is 4.90 Å². The number of rotatable bonds is 2. The SMILES string of the molecule is CC(C)N(C)c1ccccc1Br. The third-order valence-electron chi connectivity index (χ3n) is 2.01. The average molecular weight is 228 g/mol. The highest BCUT2D eigenvalue weighted by Gasteiger charge is 2.06. The molecule has 1 rings (SSSR count). The van der Waals surface area contributed by atoms with Crippen molar-refractivity contribution >= 4 is 21.6 Å². The molecule has 0 aliphatic heterocycles. The molecule has 0 fully saturated rings. The first kappa shape index (κ1) is 9.59. The summed E-state index contributed by atoms with van der Waals surface area (Å²) < 4.78 is 1.15. The van der Waals surface area contributed by atoms with Crippen LogP contribution in [0.15, 0.2) is 28.7 Å². The Balaban J connectivity index is 2.94. The highest BCUT2D eigenvalue weighted by Crippen LogP contribution is 2.25. The highest BCUT2D eigenvalue weighted by molar-refractivity contribution is 9.10. The molecule has 0 heterocycles. The predicted molar refractivity (Wildman–Crippen MR) is 57.7 cm³/mol. The number of nitrogens with zero attached hydrogens (tertiary/aromatic N) is 1. The Labute approximate surface area is 82.5 Å². The van der Waals surface area contributed by atoms with Gasteiger partial charge in [0.2, 0.25) is 0 Å². The normalized spacial score (nSPS) is 10.4. The van der Waals surface area contributed by atoms with Crippen LogP contribution in [0.5, 0.6) is 0 Å². The van der Waals surface area contributed by atoms with E-state index < -0.39 is 0 Å². The van der Waals surface area contributed by atoms with Crippen molar-refractivity contribution in [2.24, 2.45) is 0 Å². The molecule has 0 saturated heterocycles. The lowest BCUT2D eigenvalue weighted by atomic mass is 10.2. The molecule has 0 aliphatic carbocycles. The molecule has 1 aromatic rings. The molecule has 0 spiro atoms. The Morgan fingerprint density at radius 1 is 1.25 bits per heavy atom. The predicted octanol–water partition coefficient (Wildman–Crippen LogP) is 3.29. The molecule has 1 nitrogen and oxygen atoms in total. The number of hydrogen-bond donors (Lipinski definition) is 0. The van der Waals surface area contributed by atoms with E-state index >= 15 is 0 Å².